The molecule has 15 heavy (non-hydrogen) atoms. The highest BCUT2D eigenvalue weighted by molar-refractivity contribution is 5.60. The second-order valence-corrected chi connectivity index (χ2v) is 4.05. The Morgan fingerprint density at radius 3 is 3.07 bits per heavy atom. The van der Waals surface area contributed by atoms with Gasteiger partial charge in [-0.3, -0.25) is 0 Å². The molecule has 0 amide bonds. The molecule has 0 saturated carbocycles. The van der Waals surface area contributed by atoms with Crippen LogP contribution in [0.4, 0.5) is 5.69 Å². The van der Waals surface area contributed by atoms with E-state index in [1.54, 1.807) is 0 Å². The number of benzene rings is 1. The Morgan fingerprint density at radius 1 is 1.60 bits per heavy atom. The molecule has 78 valence electrons. The van der Waals surface area contributed by atoms with Gasteiger partial charge in [0.25, 0.3) is 0 Å². The number of anilines is 1. The van der Waals surface area contributed by atoms with Gasteiger partial charge in [-0.1, -0.05) is 18.1 Å². The maximum Gasteiger partial charge on any atom is 0.0791 e. The van der Waals surface area contributed by atoms with Crippen molar-refractivity contribution in [3.63, 3.8) is 0 Å². The van der Waals surface area contributed by atoms with Crippen LogP contribution < -0.4 is 10.6 Å². The third kappa shape index (κ3) is 1.84. The first-order valence-electron chi connectivity index (χ1n) is 5.29. The molecule has 0 saturated heterocycles. The van der Waals surface area contributed by atoms with E-state index in [1.165, 1.54) is 16.8 Å². The van der Waals surface area contributed by atoms with Gasteiger partial charge in [0, 0.05) is 18.3 Å². The Bertz CT molecular complexity index is 401. The van der Waals surface area contributed by atoms with Crippen molar-refractivity contribution in [2.45, 2.75) is 19.4 Å². The molecule has 0 spiro atoms. The maximum absolute atomic E-state index is 5.86. The van der Waals surface area contributed by atoms with Crippen molar-refractivity contribution in [3.05, 3.63) is 29.3 Å². The van der Waals surface area contributed by atoms with Crippen LogP contribution >= 0.6 is 0 Å². The zero-order valence-electron chi connectivity index (χ0n) is 9.03. The fraction of sp³-hybridized carbons (Fsp3) is 0.385. The van der Waals surface area contributed by atoms with E-state index in [9.17, 15) is 0 Å². The molecule has 0 fully saturated rings. The van der Waals surface area contributed by atoms with Crippen molar-refractivity contribution >= 4 is 5.69 Å². The van der Waals surface area contributed by atoms with Crippen molar-refractivity contribution in [2.24, 2.45) is 5.73 Å². The smallest absolute Gasteiger partial charge is 0.0791 e. The minimum absolute atomic E-state index is 0.108. The van der Waals surface area contributed by atoms with E-state index in [2.05, 4.69) is 29.0 Å². The summed E-state index contributed by atoms with van der Waals surface area (Å²) in [4.78, 5) is 2.24. The summed E-state index contributed by atoms with van der Waals surface area (Å²) in [6.07, 6.45) is 6.41. The van der Waals surface area contributed by atoms with E-state index in [0.717, 1.165) is 13.0 Å². The lowest BCUT2D eigenvalue weighted by Gasteiger charge is -2.16. The van der Waals surface area contributed by atoms with Crippen LogP contribution in [0.15, 0.2) is 18.2 Å². The van der Waals surface area contributed by atoms with E-state index >= 15 is 0 Å². The SMILES string of the molecule is C#CCN1CCc2cc(C(C)N)ccc21. The molecule has 1 aromatic carbocycles. The van der Waals surface area contributed by atoms with Crippen molar-refractivity contribution in [1.82, 2.24) is 0 Å². The summed E-state index contributed by atoms with van der Waals surface area (Å²) >= 11 is 0. The third-order valence-corrected chi connectivity index (χ3v) is 2.90. The molecule has 1 unspecified atom stereocenters. The molecule has 2 rings (SSSR count). The van der Waals surface area contributed by atoms with Crippen LogP contribution in [0, 0.1) is 12.3 Å². The van der Waals surface area contributed by atoms with E-state index in [-0.39, 0.29) is 6.04 Å². The number of rotatable bonds is 2. The molecular weight excluding hydrogens is 184 g/mol. The summed E-state index contributed by atoms with van der Waals surface area (Å²) < 4.78 is 0. The number of terminal acetylenes is 1. The summed E-state index contributed by atoms with van der Waals surface area (Å²) in [7, 11) is 0. The monoisotopic (exact) mass is 200 g/mol. The highest BCUT2D eigenvalue weighted by atomic mass is 15.1. The van der Waals surface area contributed by atoms with Crippen LogP contribution in [0.2, 0.25) is 0 Å². The molecule has 1 aromatic rings. The summed E-state index contributed by atoms with van der Waals surface area (Å²) in [6.45, 7) is 3.74. The molecule has 1 aliphatic heterocycles. The second kappa shape index (κ2) is 3.96. The normalized spacial score (nSPS) is 15.9. The van der Waals surface area contributed by atoms with Crippen LogP contribution in [0.25, 0.3) is 0 Å². The molecule has 2 N–H and O–H groups in total. The van der Waals surface area contributed by atoms with Crippen molar-refractivity contribution in [2.75, 3.05) is 18.0 Å². The number of fused-ring (bicyclic) bond motifs is 1. The van der Waals surface area contributed by atoms with Gasteiger partial charge >= 0.3 is 0 Å². The molecule has 1 aliphatic rings. The molecule has 1 heterocycles. The molecule has 0 aromatic heterocycles. The van der Waals surface area contributed by atoms with Crippen LogP contribution in [-0.4, -0.2) is 13.1 Å². The molecular formula is C13H16N2. The summed E-state index contributed by atoms with van der Waals surface area (Å²) in [5, 5.41) is 0. The standard InChI is InChI=1S/C13H16N2/c1-3-7-15-8-6-12-9-11(10(2)14)4-5-13(12)15/h1,4-5,9-10H,6-8,14H2,2H3. The third-order valence-electron chi connectivity index (χ3n) is 2.90. The lowest BCUT2D eigenvalue weighted by atomic mass is 10.0. The predicted molar refractivity (Wildman–Crippen MR) is 63.8 cm³/mol. The largest absolute Gasteiger partial charge is 0.360 e. The molecule has 0 radical (unpaired) electrons. The predicted octanol–water partition coefficient (Wildman–Crippen LogP) is 1.70. The van der Waals surface area contributed by atoms with Crippen LogP contribution in [0.3, 0.4) is 0 Å². The Balaban J connectivity index is 2.30. The fourth-order valence-electron chi connectivity index (χ4n) is 2.05. The summed E-state index contributed by atoms with van der Waals surface area (Å²) in [5.74, 6) is 2.69. The number of hydrogen-bond donors (Lipinski definition) is 1. The van der Waals surface area contributed by atoms with Gasteiger partial charge in [-0.15, -0.1) is 6.42 Å². The zero-order chi connectivity index (χ0) is 10.8. The van der Waals surface area contributed by atoms with Gasteiger partial charge in [0.2, 0.25) is 0 Å². The van der Waals surface area contributed by atoms with Gasteiger partial charge in [-0.05, 0) is 30.5 Å². The van der Waals surface area contributed by atoms with Crippen LogP contribution in [0.5, 0.6) is 0 Å². The highest BCUT2D eigenvalue weighted by Crippen LogP contribution is 2.29. The minimum Gasteiger partial charge on any atom is -0.360 e. The van der Waals surface area contributed by atoms with Crippen molar-refractivity contribution in [3.8, 4) is 12.3 Å². The molecule has 2 heteroatoms. The maximum atomic E-state index is 5.86. The van der Waals surface area contributed by atoms with Gasteiger partial charge in [0.15, 0.2) is 0 Å². The molecule has 1 atom stereocenters. The lowest BCUT2D eigenvalue weighted by Crippen LogP contribution is -2.20. The number of nitrogens with two attached hydrogens (primary N) is 1. The summed E-state index contributed by atoms with van der Waals surface area (Å²) in [6, 6.07) is 6.55. The summed E-state index contributed by atoms with van der Waals surface area (Å²) in [5.41, 5.74) is 9.71. The fourth-order valence-corrected chi connectivity index (χ4v) is 2.05. The Morgan fingerprint density at radius 2 is 2.40 bits per heavy atom. The Labute approximate surface area is 91.1 Å². The first kappa shape index (κ1) is 10.1. The van der Waals surface area contributed by atoms with Gasteiger partial charge < -0.3 is 10.6 Å². The van der Waals surface area contributed by atoms with Gasteiger partial charge in [0.1, 0.15) is 0 Å². The first-order valence-corrected chi connectivity index (χ1v) is 5.29. The van der Waals surface area contributed by atoms with E-state index in [4.69, 9.17) is 12.2 Å². The average molecular weight is 200 g/mol. The number of nitrogens with zero attached hydrogens (tertiary/aromatic N) is 1. The van der Waals surface area contributed by atoms with Crippen molar-refractivity contribution < 1.29 is 0 Å². The lowest BCUT2D eigenvalue weighted by molar-refractivity contribution is 0.816. The molecule has 0 aliphatic carbocycles. The molecule has 2 nitrogen and oxygen atoms in total. The van der Waals surface area contributed by atoms with Crippen LogP contribution in [-0.2, 0) is 6.42 Å². The van der Waals surface area contributed by atoms with Crippen molar-refractivity contribution in [1.29, 1.82) is 0 Å². The van der Waals surface area contributed by atoms with Gasteiger partial charge in [0.05, 0.1) is 6.54 Å². The zero-order valence-corrected chi connectivity index (χ0v) is 9.03. The second-order valence-electron chi connectivity index (χ2n) is 4.05. The number of hydrogen-bond acceptors (Lipinski definition) is 2. The molecule has 0 bridgehead atoms. The minimum atomic E-state index is 0.108. The topological polar surface area (TPSA) is 29.3 Å². The van der Waals surface area contributed by atoms with E-state index in [0.29, 0.717) is 6.54 Å². The van der Waals surface area contributed by atoms with Gasteiger partial charge in [-0.2, -0.15) is 0 Å². The Kier molecular flexibility index (Phi) is 2.66. The average Bonchev–Trinajstić information content (AvgIpc) is 2.61. The quantitative estimate of drug-likeness (QED) is 0.736. The van der Waals surface area contributed by atoms with E-state index < -0.39 is 0 Å². The first-order chi connectivity index (χ1) is 7.22. The highest BCUT2D eigenvalue weighted by Gasteiger charge is 2.18. The van der Waals surface area contributed by atoms with E-state index in [1.807, 2.05) is 6.92 Å². The van der Waals surface area contributed by atoms with Crippen LogP contribution in [0.1, 0.15) is 24.1 Å². The van der Waals surface area contributed by atoms with Gasteiger partial charge in [-0.25, -0.2) is 0 Å². The Hall–Kier alpha value is -1.46.